The van der Waals surface area contributed by atoms with E-state index in [4.69, 9.17) is 115 Å². The molecule has 0 saturated carbocycles. The summed E-state index contributed by atoms with van der Waals surface area (Å²) in [4.78, 5) is 129. The van der Waals surface area contributed by atoms with Gasteiger partial charge in [-0.05, 0) is 0 Å². The van der Waals surface area contributed by atoms with Gasteiger partial charge < -0.3 is 93.8 Å². The summed E-state index contributed by atoms with van der Waals surface area (Å²) in [5, 5.41) is 0. The van der Waals surface area contributed by atoms with E-state index in [2.05, 4.69) is 0 Å². The van der Waals surface area contributed by atoms with Crippen LogP contribution < -0.4 is 118 Å². The zero-order valence-corrected chi connectivity index (χ0v) is 30.5. The molecule has 34 heavy (non-hydrogen) atoms. The quantitative estimate of drug-likeness (QED) is 0.0831. The van der Waals surface area contributed by atoms with Crippen LogP contribution in [0.5, 0.6) is 0 Å². The van der Waals surface area contributed by atoms with Crippen molar-refractivity contribution < 1.29 is 239 Å². The SMILES string of the molecule is O=P(O)(O)O.O=P(O)(O)O.O=P(O)(O)O.O=P(O)(O)O.O=P(O)(O)O.O=P(O)(O)O.[H-].[H-].[H-].[H-].[Na+].[Na+].[Na+].[Na+]. The molecule has 0 aromatic carbocycles. The summed E-state index contributed by atoms with van der Waals surface area (Å²) in [5.74, 6) is 0. The standard InChI is InChI=1S/4Na.6H3O4P.4H/c;;;;6*1-5(2,3)4;;;;/h;;;;6*(H3,1,2,3,4);;;;/q4*+1;;;;;;;4*-1. The first-order valence-electron chi connectivity index (χ1n) is 4.70. The van der Waals surface area contributed by atoms with E-state index in [-0.39, 0.29) is 124 Å². The first kappa shape index (κ1) is 66.8. The average molecular weight is 684 g/mol. The van der Waals surface area contributed by atoms with Gasteiger partial charge in [-0.15, -0.1) is 0 Å². The fourth-order valence-corrected chi connectivity index (χ4v) is 0. The van der Waals surface area contributed by atoms with Gasteiger partial charge in [-0.3, -0.25) is 0 Å². The summed E-state index contributed by atoms with van der Waals surface area (Å²) in [6, 6.07) is 0. The van der Waals surface area contributed by atoms with Crippen molar-refractivity contribution in [2.24, 2.45) is 0 Å². The molecule has 0 atom stereocenters. The second-order valence-electron chi connectivity index (χ2n) is 3.08. The van der Waals surface area contributed by atoms with Crippen LogP contribution in [-0.2, 0) is 27.4 Å². The van der Waals surface area contributed by atoms with Crippen molar-refractivity contribution in [1.29, 1.82) is 0 Å². The number of rotatable bonds is 0. The Balaban J connectivity index is -0.0000000145. The number of phosphoric acid groups is 6. The van der Waals surface area contributed by atoms with Crippen molar-refractivity contribution in [3.8, 4) is 0 Å². The molecule has 0 heterocycles. The van der Waals surface area contributed by atoms with Crippen LogP contribution in [0.25, 0.3) is 0 Å². The Kier molecular flexibility index (Phi) is 60.1. The van der Waals surface area contributed by atoms with E-state index in [9.17, 15) is 0 Å². The smallest absolute Gasteiger partial charge is 1.00 e. The number of hydrogen-bond donors (Lipinski definition) is 18. The van der Waals surface area contributed by atoms with E-state index in [0.717, 1.165) is 0 Å². The molecule has 0 rings (SSSR count). The molecule has 0 spiro atoms. The molecule has 0 aliphatic rings. The van der Waals surface area contributed by atoms with Crippen molar-refractivity contribution in [2.45, 2.75) is 0 Å². The third-order valence-corrected chi connectivity index (χ3v) is 0. The monoisotopic (exact) mass is 684 g/mol. The largest absolute Gasteiger partial charge is 1.00 e. The molecule has 0 aliphatic heterocycles. The topological polar surface area (TPSA) is 467 Å². The molecule has 0 amide bonds. The maximum atomic E-state index is 8.88. The molecule has 24 nitrogen and oxygen atoms in total. The van der Waals surface area contributed by atoms with Crippen molar-refractivity contribution in [2.75, 3.05) is 0 Å². The molecule has 0 unspecified atom stereocenters. The van der Waals surface area contributed by atoms with Crippen LogP contribution in [0.1, 0.15) is 5.71 Å². The number of hydrogen-bond acceptors (Lipinski definition) is 6. The van der Waals surface area contributed by atoms with E-state index < -0.39 is 46.9 Å². The van der Waals surface area contributed by atoms with Crippen LogP contribution in [0, 0.1) is 0 Å². The predicted octanol–water partition coefficient (Wildman–Crippen LogP) is -17.1. The van der Waals surface area contributed by atoms with E-state index in [1.165, 1.54) is 0 Å². The maximum Gasteiger partial charge on any atom is 1.00 e. The van der Waals surface area contributed by atoms with Gasteiger partial charge in [-0.2, -0.15) is 0 Å². The van der Waals surface area contributed by atoms with E-state index in [1.807, 2.05) is 0 Å². The Morgan fingerprint density at radius 2 is 0.235 bits per heavy atom. The van der Waals surface area contributed by atoms with Crippen LogP contribution in [-0.4, -0.2) is 88.1 Å². The maximum absolute atomic E-state index is 8.88. The van der Waals surface area contributed by atoms with E-state index in [0.29, 0.717) is 0 Å². The average Bonchev–Trinajstić information content (AvgIpc) is 1.94. The van der Waals surface area contributed by atoms with Gasteiger partial charge >= 0.3 is 165 Å². The molecule has 200 valence electrons. The first-order chi connectivity index (χ1) is 12.0. The summed E-state index contributed by atoms with van der Waals surface area (Å²) in [6.45, 7) is 0. The zero-order chi connectivity index (χ0) is 27.0. The van der Waals surface area contributed by atoms with Gasteiger partial charge in [0.25, 0.3) is 0 Å². The Bertz CT molecular complexity index is 490. The molecule has 0 bridgehead atoms. The molecule has 0 aliphatic carbocycles. The van der Waals surface area contributed by atoms with Gasteiger partial charge in [0.05, 0.1) is 0 Å². The van der Waals surface area contributed by atoms with Crippen molar-refractivity contribution >= 4 is 46.9 Å². The summed E-state index contributed by atoms with van der Waals surface area (Å²) < 4.78 is 53.3. The van der Waals surface area contributed by atoms with Crippen molar-refractivity contribution in [3.63, 3.8) is 0 Å². The fourth-order valence-electron chi connectivity index (χ4n) is 0. The summed E-state index contributed by atoms with van der Waals surface area (Å²) in [5.41, 5.74) is 0. The zero-order valence-electron chi connectivity index (χ0n) is 21.2. The summed E-state index contributed by atoms with van der Waals surface area (Å²) in [6.07, 6.45) is 0. The molecular weight excluding hydrogens is 662 g/mol. The third-order valence-electron chi connectivity index (χ3n) is 0. The molecule has 0 aromatic rings. The van der Waals surface area contributed by atoms with E-state index in [1.54, 1.807) is 0 Å². The van der Waals surface area contributed by atoms with Crippen molar-refractivity contribution in [3.05, 3.63) is 0 Å². The second kappa shape index (κ2) is 30.6. The van der Waals surface area contributed by atoms with E-state index >= 15 is 0 Å². The van der Waals surface area contributed by atoms with Gasteiger partial charge in [0.2, 0.25) is 0 Å². The molecular formula is H22Na4O24P6. The Morgan fingerprint density at radius 3 is 0.235 bits per heavy atom. The molecule has 34 heteroatoms. The minimum Gasteiger partial charge on any atom is -1.00 e. The van der Waals surface area contributed by atoms with Crippen molar-refractivity contribution in [1.82, 2.24) is 0 Å². The summed E-state index contributed by atoms with van der Waals surface area (Å²) >= 11 is 0. The van der Waals surface area contributed by atoms with Crippen LogP contribution in [0.2, 0.25) is 0 Å². The van der Waals surface area contributed by atoms with Gasteiger partial charge in [-0.25, -0.2) is 27.4 Å². The molecule has 0 saturated heterocycles. The minimum absolute atomic E-state index is 0. The van der Waals surface area contributed by atoms with Crippen LogP contribution in [0.4, 0.5) is 0 Å². The predicted molar refractivity (Wildman–Crippen MR) is 90.0 cm³/mol. The van der Waals surface area contributed by atoms with Crippen LogP contribution >= 0.6 is 46.9 Å². The molecule has 18 N–H and O–H groups in total. The Labute approximate surface area is 283 Å². The first-order valence-corrected chi connectivity index (χ1v) is 14.1. The molecule has 0 radical (unpaired) electrons. The second-order valence-corrected chi connectivity index (χ2v) is 9.24. The Morgan fingerprint density at radius 1 is 0.235 bits per heavy atom. The van der Waals surface area contributed by atoms with Gasteiger partial charge in [0.1, 0.15) is 0 Å². The van der Waals surface area contributed by atoms with Gasteiger partial charge in [-0.1, -0.05) is 0 Å². The van der Waals surface area contributed by atoms with Gasteiger partial charge in [0, 0.05) is 0 Å². The van der Waals surface area contributed by atoms with Gasteiger partial charge in [0.15, 0.2) is 0 Å². The fraction of sp³-hybridized carbons (Fsp3) is 0. The minimum atomic E-state index is -4.64. The van der Waals surface area contributed by atoms with Crippen LogP contribution in [0.3, 0.4) is 0 Å². The molecule has 0 aromatic heterocycles. The molecule has 0 fully saturated rings. The Hall–Kier alpha value is 4.66. The summed E-state index contributed by atoms with van der Waals surface area (Å²) in [7, 11) is -27.8. The van der Waals surface area contributed by atoms with Crippen LogP contribution in [0.15, 0.2) is 0 Å². The normalized spacial score (nSPS) is 10.4. The third kappa shape index (κ3) is 2150.